The molecule has 0 fully saturated rings. The van der Waals surface area contributed by atoms with E-state index in [1.807, 2.05) is 13.1 Å². The van der Waals surface area contributed by atoms with Crippen molar-refractivity contribution >= 4 is 11.9 Å². The van der Waals surface area contributed by atoms with E-state index in [2.05, 4.69) is 53.7 Å². The van der Waals surface area contributed by atoms with Crippen LogP contribution in [-0.4, -0.2) is 47.9 Å². The second kappa shape index (κ2) is 5.78. The Morgan fingerprint density at radius 1 is 1.18 bits per heavy atom. The average molecular weight is 375 g/mol. The number of H-pyrrole nitrogens is 2. The molecule has 1 aliphatic heterocycles. The summed E-state index contributed by atoms with van der Waals surface area (Å²) >= 11 is 0. The predicted molar refractivity (Wildman–Crippen MR) is 99.1 cm³/mol. The number of aryl methyl sites for hydroxylation is 1. The maximum absolute atomic E-state index is 5.11. The number of aromatic nitrogens is 8. The fraction of sp³-hybridized carbons (Fsp3) is 0.389. The topological polar surface area (TPSA) is 124 Å². The summed E-state index contributed by atoms with van der Waals surface area (Å²) in [7, 11) is 0. The molecule has 0 saturated heterocycles. The molecule has 0 amide bonds. The summed E-state index contributed by atoms with van der Waals surface area (Å²) in [5, 5.41) is 26.0. The van der Waals surface area contributed by atoms with E-state index in [9.17, 15) is 0 Å². The van der Waals surface area contributed by atoms with Crippen molar-refractivity contribution < 1.29 is 4.80 Å². The zero-order chi connectivity index (χ0) is 18.7. The maximum Gasteiger partial charge on any atom is 0.283 e. The Labute approximate surface area is 160 Å². The first kappa shape index (κ1) is 15.6. The zero-order valence-corrected chi connectivity index (χ0v) is 15.3. The lowest BCUT2D eigenvalue weighted by molar-refractivity contribution is -0.686. The Bertz CT molecular complexity index is 1120. The fourth-order valence-corrected chi connectivity index (χ4v) is 4.67. The van der Waals surface area contributed by atoms with Crippen LogP contribution in [0.5, 0.6) is 0 Å². The van der Waals surface area contributed by atoms with E-state index in [0.717, 1.165) is 41.3 Å². The minimum atomic E-state index is 0.0265. The second-order valence-electron chi connectivity index (χ2n) is 7.48. The van der Waals surface area contributed by atoms with Crippen molar-refractivity contribution in [3.8, 4) is 11.3 Å². The van der Waals surface area contributed by atoms with Crippen LogP contribution in [0, 0.1) is 6.92 Å². The van der Waals surface area contributed by atoms with Crippen molar-refractivity contribution in [3.63, 3.8) is 0 Å². The van der Waals surface area contributed by atoms with Crippen LogP contribution in [-0.2, 0) is 12.8 Å². The molecule has 10 heteroatoms. The van der Waals surface area contributed by atoms with E-state index in [1.54, 1.807) is 0 Å². The molecule has 2 unspecified atom stereocenters. The number of aromatic amines is 2. The maximum atomic E-state index is 5.11. The Morgan fingerprint density at radius 3 is 2.86 bits per heavy atom. The number of nitrogens with zero attached hydrogens (tertiary/aromatic N) is 7. The summed E-state index contributed by atoms with van der Waals surface area (Å²) in [5.74, 6) is 0.793. The first-order valence-electron chi connectivity index (χ1n) is 9.55. The van der Waals surface area contributed by atoms with Crippen LogP contribution >= 0.6 is 0 Å². The van der Waals surface area contributed by atoms with Crippen LogP contribution in [0.3, 0.4) is 0 Å². The molecule has 0 spiro atoms. The van der Waals surface area contributed by atoms with E-state index in [1.165, 1.54) is 34.3 Å². The highest BCUT2D eigenvalue weighted by atomic mass is 15.7. The van der Waals surface area contributed by atoms with Gasteiger partial charge in [-0.3, -0.25) is 10.5 Å². The highest BCUT2D eigenvalue weighted by Gasteiger charge is 2.44. The average Bonchev–Trinajstić information content (AvgIpc) is 3.47. The second-order valence-corrected chi connectivity index (χ2v) is 7.48. The van der Waals surface area contributed by atoms with Crippen molar-refractivity contribution in [2.75, 3.05) is 0 Å². The highest BCUT2D eigenvalue weighted by molar-refractivity contribution is 5.88. The molecule has 0 saturated carbocycles. The molecule has 4 heterocycles. The molecule has 140 valence electrons. The van der Waals surface area contributed by atoms with Gasteiger partial charge in [0.2, 0.25) is 0 Å². The van der Waals surface area contributed by atoms with Crippen molar-refractivity contribution in [1.29, 1.82) is 0 Å². The third kappa shape index (κ3) is 2.11. The fourth-order valence-electron chi connectivity index (χ4n) is 4.67. The van der Waals surface area contributed by atoms with Crippen LogP contribution in [0.15, 0.2) is 17.4 Å². The minimum absolute atomic E-state index is 0.0265. The van der Waals surface area contributed by atoms with Gasteiger partial charge in [-0.15, -0.1) is 0 Å². The summed E-state index contributed by atoms with van der Waals surface area (Å²) in [6.07, 6.45) is 10.6. The number of rotatable bonds is 1. The van der Waals surface area contributed by atoms with Gasteiger partial charge in [-0.2, -0.15) is 5.10 Å². The number of nitrogens with one attached hydrogen (secondary N) is 3. The smallest absolute Gasteiger partial charge is 0.282 e. The van der Waals surface area contributed by atoms with Gasteiger partial charge in [0.15, 0.2) is 5.21 Å². The van der Waals surface area contributed by atoms with Crippen LogP contribution in [0.4, 0.5) is 0 Å². The first-order valence-corrected chi connectivity index (χ1v) is 9.55. The number of hydrogen-bond donors (Lipinski definition) is 3. The molecule has 0 radical (unpaired) electrons. The van der Waals surface area contributed by atoms with Crippen LogP contribution in [0.2, 0.25) is 0 Å². The Hall–Kier alpha value is -3.43. The van der Waals surface area contributed by atoms with Crippen molar-refractivity contribution in [2.24, 2.45) is 5.10 Å². The van der Waals surface area contributed by atoms with Gasteiger partial charge in [-0.25, -0.2) is 4.98 Å². The number of hydrazone groups is 1. The standard InChI is InChI=1S/C18H18N10/c1-9-12(8-19-21-9)17-11-5-3-2-4-10(11)15-13(20-17)6-7-14-16(15)18(23-22-14)28-26-24-25-27-28/h6-8,14,16,22H,2-5H2,1H3,(H,19,20,21)/p+1. The molecule has 28 heavy (non-hydrogen) atoms. The molecule has 0 bridgehead atoms. The van der Waals surface area contributed by atoms with Crippen LogP contribution < -0.4 is 10.2 Å². The summed E-state index contributed by atoms with van der Waals surface area (Å²) in [4.78, 5) is 6.64. The predicted octanol–water partition coefficient (Wildman–Crippen LogP) is 0.404. The number of pyridine rings is 1. The summed E-state index contributed by atoms with van der Waals surface area (Å²) in [6, 6.07) is 0.0782. The molecule has 6 rings (SSSR count). The van der Waals surface area contributed by atoms with Crippen molar-refractivity contribution in [1.82, 2.24) is 41.5 Å². The highest BCUT2D eigenvalue weighted by Crippen LogP contribution is 2.41. The molecule has 2 atom stereocenters. The summed E-state index contributed by atoms with van der Waals surface area (Å²) in [6.45, 7) is 2.05. The number of fused-ring (bicyclic) bond motifs is 5. The summed E-state index contributed by atoms with van der Waals surface area (Å²) < 4.78 is 0. The Morgan fingerprint density at radius 2 is 2.07 bits per heavy atom. The molecule has 3 aromatic rings. The summed E-state index contributed by atoms with van der Waals surface area (Å²) in [5.41, 5.74) is 11.4. The van der Waals surface area contributed by atoms with Gasteiger partial charge in [0.1, 0.15) is 11.1 Å². The van der Waals surface area contributed by atoms with Gasteiger partial charge >= 0.3 is 0 Å². The lowest BCUT2D eigenvalue weighted by Gasteiger charge is -2.29. The number of hydrogen-bond acceptors (Lipinski definition) is 7. The molecule has 0 aromatic carbocycles. The third-order valence-electron chi connectivity index (χ3n) is 5.94. The lowest BCUT2D eigenvalue weighted by atomic mass is 9.77. The van der Waals surface area contributed by atoms with Gasteiger partial charge < -0.3 is 0 Å². The Kier molecular flexibility index (Phi) is 3.22. The molecule has 3 N–H and O–H groups in total. The van der Waals surface area contributed by atoms with E-state index in [0.29, 0.717) is 0 Å². The lowest BCUT2D eigenvalue weighted by Crippen LogP contribution is -2.51. The van der Waals surface area contributed by atoms with E-state index in [4.69, 9.17) is 4.98 Å². The zero-order valence-electron chi connectivity index (χ0n) is 15.3. The van der Waals surface area contributed by atoms with E-state index < -0.39 is 0 Å². The van der Waals surface area contributed by atoms with E-state index in [-0.39, 0.29) is 12.0 Å². The molecule has 2 aliphatic carbocycles. The molecular weight excluding hydrogens is 356 g/mol. The molecule has 3 aromatic heterocycles. The largest absolute Gasteiger partial charge is 0.283 e. The SMILES string of the molecule is Cc1[nH]ncc1-c1nc2c(c3c1CCCC3)C1C([n+]3nnn[nH]3)=NNC1C=C2. The van der Waals surface area contributed by atoms with Crippen molar-refractivity contribution in [2.45, 2.75) is 44.6 Å². The van der Waals surface area contributed by atoms with Gasteiger partial charge in [-0.05, 0) is 60.2 Å². The molecule has 10 nitrogen and oxygen atoms in total. The van der Waals surface area contributed by atoms with Gasteiger partial charge in [0.05, 0.1) is 28.8 Å². The van der Waals surface area contributed by atoms with Crippen LogP contribution in [0.25, 0.3) is 17.3 Å². The Balaban J connectivity index is 1.59. The monoisotopic (exact) mass is 375 g/mol. The van der Waals surface area contributed by atoms with Crippen molar-refractivity contribution in [3.05, 3.63) is 40.4 Å². The first-order chi connectivity index (χ1) is 13.8. The normalized spacial score (nSPS) is 22.2. The van der Waals surface area contributed by atoms with Gasteiger partial charge in [-0.1, -0.05) is 16.4 Å². The van der Waals surface area contributed by atoms with E-state index >= 15 is 0 Å². The van der Waals surface area contributed by atoms with Gasteiger partial charge in [0.25, 0.3) is 5.84 Å². The quantitative estimate of drug-likeness (QED) is 0.529. The third-order valence-corrected chi connectivity index (χ3v) is 5.94. The minimum Gasteiger partial charge on any atom is -0.282 e. The van der Waals surface area contributed by atoms with Crippen LogP contribution in [0.1, 0.15) is 46.8 Å². The van der Waals surface area contributed by atoms with Gasteiger partial charge in [0, 0.05) is 11.3 Å². The molecular formula is C18H19N10+. The molecule has 3 aliphatic rings.